The smallest absolute Gasteiger partial charge is 0.408 e. The number of hydrogen-bond donors (Lipinski definition) is 1. The maximum Gasteiger partial charge on any atom is 0.408 e. The number of carbonyl (C=O) groups is 1. The second-order valence-electron chi connectivity index (χ2n) is 5.54. The Morgan fingerprint density at radius 3 is 2.70 bits per heavy atom. The van der Waals surface area contributed by atoms with Crippen molar-refractivity contribution in [2.45, 2.75) is 26.4 Å². The van der Waals surface area contributed by atoms with Crippen molar-refractivity contribution in [1.29, 1.82) is 0 Å². The molecular formula is C15H21NO4. The molecule has 1 heterocycles. The molecule has 1 aromatic carbocycles. The van der Waals surface area contributed by atoms with Crippen LogP contribution in [0.5, 0.6) is 11.5 Å². The Kier molecular flexibility index (Phi) is 4.06. The van der Waals surface area contributed by atoms with E-state index in [4.69, 9.17) is 14.2 Å². The minimum atomic E-state index is -0.667. The third-order valence-corrected chi connectivity index (χ3v) is 3.23. The molecule has 0 radical (unpaired) electrons. The van der Waals surface area contributed by atoms with Crippen molar-refractivity contribution in [1.82, 2.24) is 5.32 Å². The molecule has 0 spiro atoms. The second kappa shape index (κ2) is 5.61. The van der Waals surface area contributed by atoms with Crippen LogP contribution in [0, 0.1) is 5.92 Å². The first-order valence-electron chi connectivity index (χ1n) is 6.73. The number of alkyl carbamates (subject to hydrolysis) is 1. The molecule has 1 aliphatic rings. The van der Waals surface area contributed by atoms with Gasteiger partial charge in [-0.1, -0.05) is 19.9 Å². The van der Waals surface area contributed by atoms with Crippen molar-refractivity contribution in [2.24, 2.45) is 5.92 Å². The van der Waals surface area contributed by atoms with Gasteiger partial charge in [-0.3, -0.25) is 0 Å². The molecule has 1 fully saturated rings. The summed E-state index contributed by atoms with van der Waals surface area (Å²) in [6.45, 7) is 7.09. The van der Waals surface area contributed by atoms with Gasteiger partial charge in [-0.15, -0.1) is 0 Å². The Bertz CT molecular complexity index is 501. The van der Waals surface area contributed by atoms with E-state index in [0.717, 1.165) is 5.56 Å². The van der Waals surface area contributed by atoms with Crippen LogP contribution < -0.4 is 14.8 Å². The number of carbonyl (C=O) groups excluding carboxylic acids is 1. The number of cyclic esters (lactones) is 1. The zero-order chi connectivity index (χ0) is 14.8. The molecule has 110 valence electrons. The van der Waals surface area contributed by atoms with Crippen LogP contribution in [0.1, 0.15) is 26.3 Å². The van der Waals surface area contributed by atoms with Crippen LogP contribution in [0.25, 0.3) is 0 Å². The third-order valence-electron chi connectivity index (χ3n) is 3.23. The fraction of sp³-hybridized carbons (Fsp3) is 0.533. The van der Waals surface area contributed by atoms with Gasteiger partial charge in [0.2, 0.25) is 0 Å². The average molecular weight is 279 g/mol. The molecule has 1 atom stereocenters. The van der Waals surface area contributed by atoms with E-state index >= 15 is 0 Å². The zero-order valence-corrected chi connectivity index (χ0v) is 12.4. The van der Waals surface area contributed by atoms with E-state index in [1.165, 1.54) is 0 Å². The first-order chi connectivity index (χ1) is 9.44. The lowest BCUT2D eigenvalue weighted by atomic mass is 9.96. The highest BCUT2D eigenvalue weighted by Gasteiger charge is 2.37. The van der Waals surface area contributed by atoms with Crippen LogP contribution in [0.3, 0.4) is 0 Å². The summed E-state index contributed by atoms with van der Waals surface area (Å²) in [6, 6.07) is 5.60. The lowest BCUT2D eigenvalue weighted by Gasteiger charge is -2.23. The quantitative estimate of drug-likeness (QED) is 0.900. The van der Waals surface area contributed by atoms with Gasteiger partial charge in [-0.2, -0.15) is 0 Å². The summed E-state index contributed by atoms with van der Waals surface area (Å²) in [4.78, 5) is 11.3. The molecular weight excluding hydrogens is 258 g/mol. The Balaban J connectivity index is 2.27. The molecule has 1 saturated heterocycles. The minimum Gasteiger partial charge on any atom is -0.493 e. The molecule has 0 aromatic heterocycles. The van der Waals surface area contributed by atoms with Crippen molar-refractivity contribution in [2.75, 3.05) is 20.3 Å². The maximum atomic E-state index is 11.3. The van der Waals surface area contributed by atoms with Gasteiger partial charge in [0.05, 0.1) is 20.3 Å². The highest BCUT2D eigenvalue weighted by molar-refractivity contribution is 5.70. The van der Waals surface area contributed by atoms with Crippen LogP contribution >= 0.6 is 0 Å². The van der Waals surface area contributed by atoms with Crippen molar-refractivity contribution in [3.05, 3.63) is 23.8 Å². The average Bonchev–Trinajstić information content (AvgIpc) is 2.77. The Morgan fingerprint density at radius 1 is 1.40 bits per heavy atom. The largest absolute Gasteiger partial charge is 0.493 e. The Labute approximate surface area is 119 Å². The fourth-order valence-corrected chi connectivity index (χ4v) is 2.05. The number of hydrogen-bond acceptors (Lipinski definition) is 4. The number of rotatable bonds is 5. The fourth-order valence-electron chi connectivity index (χ4n) is 2.05. The third kappa shape index (κ3) is 2.98. The van der Waals surface area contributed by atoms with E-state index in [-0.39, 0.29) is 0 Å². The van der Waals surface area contributed by atoms with E-state index in [1.54, 1.807) is 7.11 Å². The summed E-state index contributed by atoms with van der Waals surface area (Å²) in [7, 11) is 1.61. The topological polar surface area (TPSA) is 56.8 Å². The van der Waals surface area contributed by atoms with Gasteiger partial charge < -0.3 is 19.5 Å². The summed E-state index contributed by atoms with van der Waals surface area (Å²) in [6.07, 6.45) is -0.395. The lowest BCUT2D eigenvalue weighted by Crippen LogP contribution is -2.26. The molecule has 2 rings (SSSR count). The molecule has 0 aliphatic carbocycles. The van der Waals surface area contributed by atoms with E-state index in [9.17, 15) is 4.79 Å². The van der Waals surface area contributed by atoms with E-state index in [2.05, 4.69) is 19.2 Å². The maximum absolute atomic E-state index is 11.3. The summed E-state index contributed by atoms with van der Waals surface area (Å²) >= 11 is 0. The number of benzene rings is 1. The van der Waals surface area contributed by atoms with Crippen LogP contribution in [-0.4, -0.2) is 26.4 Å². The molecule has 1 aromatic rings. The number of ether oxygens (including phenoxy) is 3. The summed E-state index contributed by atoms with van der Waals surface area (Å²) in [5, 5.41) is 2.67. The van der Waals surface area contributed by atoms with Crippen molar-refractivity contribution in [3.8, 4) is 11.5 Å². The van der Waals surface area contributed by atoms with E-state index < -0.39 is 11.7 Å². The first kappa shape index (κ1) is 14.5. The molecule has 0 bridgehead atoms. The zero-order valence-electron chi connectivity index (χ0n) is 12.4. The molecule has 0 saturated carbocycles. The number of nitrogens with one attached hydrogen (secondary N) is 1. The molecule has 0 unspecified atom stereocenters. The standard InChI is InChI=1S/C15H21NO4/c1-10(2)8-19-13-7-11(5-6-12(13)18-4)15(3)9-16-14(17)20-15/h5-7,10H,8-9H2,1-4H3,(H,16,17)/t15-/m0/s1. The van der Waals surface area contributed by atoms with Gasteiger partial charge in [0, 0.05) is 5.56 Å². The van der Waals surface area contributed by atoms with Crippen LogP contribution in [0.2, 0.25) is 0 Å². The molecule has 5 heteroatoms. The highest BCUT2D eigenvalue weighted by atomic mass is 16.6. The lowest BCUT2D eigenvalue weighted by molar-refractivity contribution is 0.0701. The summed E-state index contributed by atoms with van der Waals surface area (Å²) in [5.74, 6) is 1.77. The van der Waals surface area contributed by atoms with Crippen LogP contribution in [0.15, 0.2) is 18.2 Å². The van der Waals surface area contributed by atoms with Gasteiger partial charge in [0.15, 0.2) is 17.1 Å². The van der Waals surface area contributed by atoms with Crippen molar-refractivity contribution < 1.29 is 19.0 Å². The molecule has 1 N–H and O–H groups in total. The van der Waals surface area contributed by atoms with Gasteiger partial charge in [0.1, 0.15) is 0 Å². The Hall–Kier alpha value is -1.91. The molecule has 1 amide bonds. The normalized spacial score (nSPS) is 21.6. The summed E-state index contributed by atoms with van der Waals surface area (Å²) in [5.41, 5.74) is 0.217. The molecule has 5 nitrogen and oxygen atoms in total. The molecule has 20 heavy (non-hydrogen) atoms. The van der Waals surface area contributed by atoms with Crippen LogP contribution in [0.4, 0.5) is 4.79 Å². The monoisotopic (exact) mass is 279 g/mol. The van der Waals surface area contributed by atoms with E-state index in [1.807, 2.05) is 25.1 Å². The highest BCUT2D eigenvalue weighted by Crippen LogP contribution is 2.35. The summed E-state index contributed by atoms with van der Waals surface area (Å²) < 4.78 is 16.4. The van der Waals surface area contributed by atoms with Gasteiger partial charge in [-0.05, 0) is 25.0 Å². The number of methoxy groups -OCH3 is 1. The predicted molar refractivity (Wildman–Crippen MR) is 75.2 cm³/mol. The van der Waals surface area contributed by atoms with Gasteiger partial charge in [0.25, 0.3) is 0 Å². The van der Waals surface area contributed by atoms with Crippen molar-refractivity contribution in [3.63, 3.8) is 0 Å². The van der Waals surface area contributed by atoms with E-state index in [0.29, 0.717) is 30.6 Å². The minimum absolute atomic E-state index is 0.395. The number of amides is 1. The van der Waals surface area contributed by atoms with Gasteiger partial charge >= 0.3 is 6.09 Å². The van der Waals surface area contributed by atoms with Crippen LogP contribution in [-0.2, 0) is 10.3 Å². The first-order valence-corrected chi connectivity index (χ1v) is 6.73. The van der Waals surface area contributed by atoms with Gasteiger partial charge in [-0.25, -0.2) is 4.79 Å². The Morgan fingerprint density at radius 2 is 2.15 bits per heavy atom. The SMILES string of the molecule is COc1ccc([C@]2(C)CNC(=O)O2)cc1OCC(C)C. The molecule has 1 aliphatic heterocycles. The van der Waals surface area contributed by atoms with Crippen molar-refractivity contribution >= 4 is 6.09 Å². The second-order valence-corrected chi connectivity index (χ2v) is 5.54. The predicted octanol–water partition coefficient (Wildman–Crippen LogP) is 2.69.